The van der Waals surface area contributed by atoms with Crippen LogP contribution in [0.5, 0.6) is 11.5 Å². The maximum atomic E-state index is 12.4. The summed E-state index contributed by atoms with van der Waals surface area (Å²) in [6.07, 6.45) is 0.168. The van der Waals surface area contributed by atoms with Gasteiger partial charge in [-0.1, -0.05) is 6.07 Å². The Morgan fingerprint density at radius 1 is 1.00 bits per heavy atom. The van der Waals surface area contributed by atoms with Crippen molar-refractivity contribution in [1.82, 2.24) is 0 Å². The van der Waals surface area contributed by atoms with E-state index in [1.54, 1.807) is 30.2 Å². The van der Waals surface area contributed by atoms with E-state index in [2.05, 4.69) is 5.32 Å². The number of hydrogen-bond donors (Lipinski definition) is 1. The second-order valence-corrected chi connectivity index (χ2v) is 6.38. The molecule has 2 rings (SSSR count). The van der Waals surface area contributed by atoms with E-state index in [9.17, 15) is 9.59 Å². The van der Waals surface area contributed by atoms with Crippen molar-refractivity contribution in [3.05, 3.63) is 47.5 Å². The second kappa shape index (κ2) is 9.07. The fourth-order valence-corrected chi connectivity index (χ4v) is 2.90. The van der Waals surface area contributed by atoms with Crippen LogP contribution in [0.4, 0.5) is 11.4 Å². The lowest BCUT2D eigenvalue weighted by Crippen LogP contribution is -2.32. The Bertz CT molecular complexity index is 813. The van der Waals surface area contributed by atoms with Crippen LogP contribution in [0.2, 0.25) is 0 Å². The fourth-order valence-electron chi connectivity index (χ4n) is 2.90. The highest BCUT2D eigenvalue weighted by Gasteiger charge is 2.15. The quantitative estimate of drug-likeness (QED) is 0.807. The first kappa shape index (κ1) is 20.3. The van der Waals surface area contributed by atoms with Crippen molar-refractivity contribution in [2.24, 2.45) is 0 Å². The van der Waals surface area contributed by atoms with E-state index in [-0.39, 0.29) is 18.2 Å². The third-order valence-electron chi connectivity index (χ3n) is 4.14. The average molecular weight is 370 g/mol. The van der Waals surface area contributed by atoms with E-state index in [0.717, 1.165) is 16.8 Å². The number of aryl methyl sites for hydroxylation is 2. The van der Waals surface area contributed by atoms with Crippen LogP contribution in [0, 0.1) is 13.8 Å². The van der Waals surface area contributed by atoms with Gasteiger partial charge in [-0.25, -0.2) is 0 Å². The molecule has 0 aliphatic rings. The van der Waals surface area contributed by atoms with Gasteiger partial charge >= 0.3 is 0 Å². The molecule has 0 aromatic heterocycles. The molecular formula is C21H26N2O4. The number of carbonyl (C=O) groups excluding carboxylic acids is 2. The number of carbonyl (C=O) groups is 2. The van der Waals surface area contributed by atoms with E-state index in [1.807, 2.05) is 32.0 Å². The summed E-state index contributed by atoms with van der Waals surface area (Å²) in [4.78, 5) is 26.1. The number of nitrogens with zero attached hydrogens (tertiary/aromatic N) is 1. The maximum Gasteiger partial charge on any atom is 0.226 e. The molecule has 0 saturated carbocycles. The molecule has 0 radical (unpaired) electrons. The van der Waals surface area contributed by atoms with Crippen LogP contribution in [0.3, 0.4) is 0 Å². The average Bonchev–Trinajstić information content (AvgIpc) is 2.61. The molecule has 0 saturated heterocycles. The Morgan fingerprint density at radius 3 is 2.22 bits per heavy atom. The molecule has 0 heterocycles. The molecule has 6 heteroatoms. The standard InChI is InChI=1S/C21H26N2O4/c1-14-10-15(2)12-17(11-14)23(16(3)24)9-8-21(25)22-19-7-6-18(26-4)13-20(19)27-5/h6-7,10-13H,8-9H2,1-5H3,(H,22,25). The van der Waals surface area contributed by atoms with E-state index < -0.39 is 0 Å². The van der Waals surface area contributed by atoms with E-state index in [0.29, 0.717) is 23.7 Å². The number of nitrogens with one attached hydrogen (secondary N) is 1. The van der Waals surface area contributed by atoms with Crippen LogP contribution in [-0.2, 0) is 9.59 Å². The Hall–Kier alpha value is -3.02. The van der Waals surface area contributed by atoms with Crippen molar-refractivity contribution in [2.75, 3.05) is 31.0 Å². The lowest BCUT2D eigenvalue weighted by atomic mass is 10.1. The molecule has 0 bridgehead atoms. The van der Waals surface area contributed by atoms with Crippen molar-refractivity contribution in [1.29, 1.82) is 0 Å². The summed E-state index contributed by atoms with van der Waals surface area (Å²) in [6, 6.07) is 11.1. The largest absolute Gasteiger partial charge is 0.497 e. The fraction of sp³-hybridized carbons (Fsp3) is 0.333. The highest BCUT2D eigenvalue weighted by atomic mass is 16.5. The van der Waals surface area contributed by atoms with E-state index in [1.165, 1.54) is 14.0 Å². The van der Waals surface area contributed by atoms with Crippen molar-refractivity contribution < 1.29 is 19.1 Å². The van der Waals surface area contributed by atoms with Gasteiger partial charge in [0, 0.05) is 31.6 Å². The van der Waals surface area contributed by atoms with Gasteiger partial charge in [-0.05, 0) is 49.2 Å². The van der Waals surface area contributed by atoms with Crippen LogP contribution in [-0.4, -0.2) is 32.6 Å². The lowest BCUT2D eigenvalue weighted by molar-refractivity contribution is -0.117. The van der Waals surface area contributed by atoms with Crippen LogP contribution in [0.25, 0.3) is 0 Å². The molecule has 2 amide bonds. The smallest absolute Gasteiger partial charge is 0.226 e. The number of rotatable bonds is 7. The second-order valence-electron chi connectivity index (χ2n) is 6.38. The molecule has 0 spiro atoms. The number of anilines is 2. The number of hydrogen-bond acceptors (Lipinski definition) is 4. The molecule has 6 nitrogen and oxygen atoms in total. The monoisotopic (exact) mass is 370 g/mol. The zero-order valence-electron chi connectivity index (χ0n) is 16.5. The van der Waals surface area contributed by atoms with Crippen molar-refractivity contribution in [3.8, 4) is 11.5 Å². The zero-order valence-corrected chi connectivity index (χ0v) is 16.5. The molecule has 0 fully saturated rings. The SMILES string of the molecule is COc1ccc(NC(=O)CCN(C(C)=O)c2cc(C)cc(C)c2)c(OC)c1. The minimum Gasteiger partial charge on any atom is -0.497 e. The Labute approximate surface area is 160 Å². The first-order chi connectivity index (χ1) is 12.8. The lowest BCUT2D eigenvalue weighted by Gasteiger charge is -2.22. The third-order valence-corrected chi connectivity index (χ3v) is 4.14. The predicted molar refractivity (Wildman–Crippen MR) is 107 cm³/mol. The normalized spacial score (nSPS) is 10.3. The van der Waals surface area contributed by atoms with Crippen molar-refractivity contribution in [2.45, 2.75) is 27.2 Å². The number of methoxy groups -OCH3 is 2. The summed E-state index contributed by atoms with van der Waals surface area (Å²) < 4.78 is 10.4. The van der Waals surface area contributed by atoms with Gasteiger partial charge in [0.15, 0.2) is 0 Å². The third kappa shape index (κ3) is 5.48. The van der Waals surface area contributed by atoms with Gasteiger partial charge in [-0.2, -0.15) is 0 Å². The summed E-state index contributed by atoms with van der Waals surface area (Å²) in [5.74, 6) is 0.853. The zero-order chi connectivity index (χ0) is 20.0. The number of amides is 2. The minimum atomic E-state index is -0.200. The number of benzene rings is 2. The van der Waals surface area contributed by atoms with Crippen molar-refractivity contribution >= 4 is 23.2 Å². The molecule has 27 heavy (non-hydrogen) atoms. The predicted octanol–water partition coefficient (Wildman–Crippen LogP) is 3.70. The molecule has 0 aliphatic heterocycles. The van der Waals surface area contributed by atoms with Crippen LogP contribution >= 0.6 is 0 Å². The summed E-state index contributed by atoms with van der Waals surface area (Å²) in [5.41, 5.74) is 3.51. The maximum absolute atomic E-state index is 12.4. The molecule has 0 atom stereocenters. The van der Waals surface area contributed by atoms with Crippen LogP contribution < -0.4 is 19.7 Å². The topological polar surface area (TPSA) is 67.9 Å². The number of ether oxygens (including phenoxy) is 2. The first-order valence-electron chi connectivity index (χ1n) is 8.72. The Kier molecular flexibility index (Phi) is 6.82. The van der Waals surface area contributed by atoms with Gasteiger partial charge in [-0.15, -0.1) is 0 Å². The van der Waals surface area contributed by atoms with Gasteiger partial charge in [0.1, 0.15) is 11.5 Å². The van der Waals surface area contributed by atoms with Gasteiger partial charge in [0.25, 0.3) is 0 Å². The summed E-state index contributed by atoms with van der Waals surface area (Å²) in [7, 11) is 3.10. The van der Waals surface area contributed by atoms with Gasteiger partial charge in [0.05, 0.1) is 19.9 Å². The first-order valence-corrected chi connectivity index (χ1v) is 8.72. The molecule has 0 unspecified atom stereocenters. The van der Waals surface area contributed by atoms with Crippen molar-refractivity contribution in [3.63, 3.8) is 0 Å². The Balaban J connectivity index is 2.07. The molecule has 144 valence electrons. The molecular weight excluding hydrogens is 344 g/mol. The summed E-state index contributed by atoms with van der Waals surface area (Å²) >= 11 is 0. The minimum absolute atomic E-state index is 0.102. The highest BCUT2D eigenvalue weighted by molar-refractivity contribution is 5.95. The highest BCUT2D eigenvalue weighted by Crippen LogP contribution is 2.29. The van der Waals surface area contributed by atoms with Gasteiger partial charge < -0.3 is 19.7 Å². The van der Waals surface area contributed by atoms with E-state index >= 15 is 0 Å². The molecule has 2 aromatic rings. The van der Waals surface area contributed by atoms with Crippen LogP contribution in [0.15, 0.2) is 36.4 Å². The molecule has 2 aromatic carbocycles. The molecule has 0 aliphatic carbocycles. The Morgan fingerprint density at radius 2 is 1.67 bits per heavy atom. The summed E-state index contributed by atoms with van der Waals surface area (Å²) in [5, 5.41) is 2.82. The summed E-state index contributed by atoms with van der Waals surface area (Å²) in [6.45, 7) is 5.76. The van der Waals surface area contributed by atoms with Gasteiger partial charge in [0.2, 0.25) is 11.8 Å². The van der Waals surface area contributed by atoms with Gasteiger partial charge in [-0.3, -0.25) is 9.59 Å². The van der Waals surface area contributed by atoms with Crippen LogP contribution in [0.1, 0.15) is 24.5 Å². The van der Waals surface area contributed by atoms with E-state index in [4.69, 9.17) is 9.47 Å². The molecule has 1 N–H and O–H groups in total.